The second-order valence-electron chi connectivity index (χ2n) is 6.48. The van der Waals surface area contributed by atoms with Gasteiger partial charge in [0.05, 0.1) is 0 Å². The zero-order valence-corrected chi connectivity index (χ0v) is 16.0. The maximum atomic E-state index is 4.75. The van der Waals surface area contributed by atoms with Crippen molar-refractivity contribution in [1.82, 2.24) is 16.0 Å². The van der Waals surface area contributed by atoms with E-state index in [9.17, 15) is 0 Å². The molecule has 0 aromatic carbocycles. The van der Waals surface area contributed by atoms with E-state index in [1.165, 1.54) is 12.8 Å². The van der Waals surface area contributed by atoms with Crippen LogP contribution in [0.15, 0.2) is 0 Å². The van der Waals surface area contributed by atoms with Crippen LogP contribution in [-0.2, 0) is 21.7 Å². The molecular weight excluding hydrogens is 296 g/mol. The number of nitrogens with zero attached hydrogens (tertiary/aromatic N) is 1. The van der Waals surface area contributed by atoms with Crippen LogP contribution in [0, 0.1) is 0 Å². The topological polar surface area (TPSA) is 50.2 Å². The number of hydrogen-bond donors (Lipinski definition) is 3. The predicted octanol–water partition coefficient (Wildman–Crippen LogP) is 2.25. The van der Waals surface area contributed by atoms with Crippen LogP contribution < -0.4 is 16.0 Å². The maximum Gasteiger partial charge on any atom is 0.00508 e. The molecule has 4 atom stereocenters. The van der Waals surface area contributed by atoms with Crippen LogP contribution in [0.1, 0.15) is 53.4 Å². The van der Waals surface area contributed by atoms with Crippen molar-refractivity contribution in [3.63, 3.8) is 0 Å². The average molecular weight is 331 g/mol. The van der Waals surface area contributed by atoms with E-state index in [4.69, 9.17) is 5.32 Å². The summed E-state index contributed by atoms with van der Waals surface area (Å²) in [6.07, 6.45) is 4.69. The molecule has 4 nitrogen and oxygen atoms in total. The van der Waals surface area contributed by atoms with E-state index >= 15 is 0 Å². The van der Waals surface area contributed by atoms with Gasteiger partial charge in [-0.05, 0) is 53.2 Å². The van der Waals surface area contributed by atoms with Crippen LogP contribution in [0.3, 0.4) is 0 Å². The van der Waals surface area contributed by atoms with E-state index in [0.717, 1.165) is 39.0 Å². The van der Waals surface area contributed by atoms with E-state index in [1.54, 1.807) is 0 Å². The molecule has 3 N–H and O–H groups in total. The SMILES string of the molecule is CC1CCNC(C)CCNC(C)CCNC(C)CC[N-]1.[Ti]. The zero-order chi connectivity index (χ0) is 14.8. The van der Waals surface area contributed by atoms with Gasteiger partial charge in [0.25, 0.3) is 0 Å². The molecule has 0 spiro atoms. The Labute approximate surface area is 146 Å². The molecule has 1 fully saturated rings. The third-order valence-corrected chi connectivity index (χ3v) is 4.20. The van der Waals surface area contributed by atoms with Crippen LogP contribution >= 0.6 is 0 Å². The summed E-state index contributed by atoms with van der Waals surface area (Å²) in [5.74, 6) is 0. The first-order valence-corrected chi connectivity index (χ1v) is 8.44. The molecule has 1 rings (SSSR count). The molecule has 1 aliphatic rings. The minimum atomic E-state index is 0. The summed E-state index contributed by atoms with van der Waals surface area (Å²) in [6, 6.07) is 2.24. The summed E-state index contributed by atoms with van der Waals surface area (Å²) < 4.78 is 0. The van der Waals surface area contributed by atoms with Crippen molar-refractivity contribution in [3.05, 3.63) is 5.32 Å². The van der Waals surface area contributed by atoms with Crippen LogP contribution in [0.5, 0.6) is 0 Å². The summed E-state index contributed by atoms with van der Waals surface area (Å²) in [5.41, 5.74) is 0. The first-order chi connectivity index (χ1) is 9.58. The molecule has 0 aliphatic carbocycles. The Morgan fingerprint density at radius 2 is 1.10 bits per heavy atom. The van der Waals surface area contributed by atoms with Gasteiger partial charge < -0.3 is 21.3 Å². The molecular formula is C16H35N4Ti-. The molecule has 1 aliphatic heterocycles. The Kier molecular flexibility index (Phi) is 13.4. The van der Waals surface area contributed by atoms with Gasteiger partial charge in [-0.2, -0.15) is 0 Å². The molecule has 0 radical (unpaired) electrons. The third kappa shape index (κ3) is 11.7. The van der Waals surface area contributed by atoms with Crippen LogP contribution in [0.2, 0.25) is 0 Å². The maximum absolute atomic E-state index is 4.75. The fourth-order valence-corrected chi connectivity index (χ4v) is 2.52. The molecule has 1 heterocycles. The molecule has 0 aromatic heterocycles. The number of rotatable bonds is 0. The summed E-state index contributed by atoms with van der Waals surface area (Å²) in [4.78, 5) is 0. The van der Waals surface area contributed by atoms with Crippen molar-refractivity contribution in [2.24, 2.45) is 0 Å². The minimum absolute atomic E-state index is 0. The third-order valence-electron chi connectivity index (χ3n) is 4.20. The summed E-state index contributed by atoms with van der Waals surface area (Å²) in [5, 5.41) is 15.6. The quantitative estimate of drug-likeness (QED) is 0.597. The Morgan fingerprint density at radius 3 is 1.62 bits per heavy atom. The van der Waals surface area contributed by atoms with Crippen LogP contribution in [-0.4, -0.2) is 50.3 Å². The Bertz CT molecular complexity index is 176. The van der Waals surface area contributed by atoms with Crippen molar-refractivity contribution < 1.29 is 21.7 Å². The van der Waals surface area contributed by atoms with Gasteiger partial charge >= 0.3 is 0 Å². The predicted molar refractivity (Wildman–Crippen MR) is 88.6 cm³/mol. The molecule has 124 valence electrons. The first kappa shape index (κ1) is 21.6. The van der Waals surface area contributed by atoms with Gasteiger partial charge in [-0.3, -0.25) is 0 Å². The summed E-state index contributed by atoms with van der Waals surface area (Å²) in [7, 11) is 0. The monoisotopic (exact) mass is 331 g/mol. The van der Waals surface area contributed by atoms with E-state index in [2.05, 4.69) is 43.6 Å². The normalized spacial score (nSPS) is 34.9. The van der Waals surface area contributed by atoms with Gasteiger partial charge in [-0.1, -0.05) is 19.8 Å². The minimum Gasteiger partial charge on any atom is -0.660 e. The first-order valence-electron chi connectivity index (χ1n) is 8.44. The van der Waals surface area contributed by atoms with Gasteiger partial charge in [0.15, 0.2) is 0 Å². The van der Waals surface area contributed by atoms with Crippen molar-refractivity contribution in [2.75, 3.05) is 26.2 Å². The number of hydrogen-bond acceptors (Lipinski definition) is 3. The Hall–Kier alpha value is 0.554. The van der Waals surface area contributed by atoms with E-state index in [-0.39, 0.29) is 21.7 Å². The molecule has 1 saturated heterocycles. The fourth-order valence-electron chi connectivity index (χ4n) is 2.52. The average Bonchev–Trinajstić information content (AvgIpc) is 2.37. The van der Waals surface area contributed by atoms with Crippen molar-refractivity contribution in [1.29, 1.82) is 0 Å². The largest absolute Gasteiger partial charge is 0.660 e. The second kappa shape index (κ2) is 13.0. The Balaban J connectivity index is 0.00000400. The molecule has 21 heavy (non-hydrogen) atoms. The second-order valence-corrected chi connectivity index (χ2v) is 6.48. The van der Waals surface area contributed by atoms with Gasteiger partial charge in [0.1, 0.15) is 0 Å². The van der Waals surface area contributed by atoms with E-state index in [1.807, 2.05) is 0 Å². The molecule has 0 saturated carbocycles. The Morgan fingerprint density at radius 1 is 0.667 bits per heavy atom. The molecule has 0 amide bonds. The summed E-state index contributed by atoms with van der Waals surface area (Å²) >= 11 is 0. The standard InChI is InChI=1S/C16H35N4.Ti/c1-13-5-9-18-15(3)7-11-20-16(4)8-12-19-14(2)6-10-17-13;/h13-19H,5-12H2,1-4H3;/q-1;. The number of nitrogens with one attached hydrogen (secondary N) is 3. The zero-order valence-electron chi connectivity index (χ0n) is 14.4. The molecule has 5 heteroatoms. The van der Waals surface area contributed by atoms with Crippen molar-refractivity contribution in [3.8, 4) is 0 Å². The molecule has 0 bridgehead atoms. The van der Waals surface area contributed by atoms with Crippen molar-refractivity contribution >= 4 is 0 Å². The van der Waals surface area contributed by atoms with Crippen LogP contribution in [0.25, 0.3) is 5.32 Å². The molecule has 0 aromatic rings. The van der Waals surface area contributed by atoms with E-state index < -0.39 is 0 Å². The van der Waals surface area contributed by atoms with E-state index in [0.29, 0.717) is 24.2 Å². The van der Waals surface area contributed by atoms with Gasteiger partial charge in [-0.25, -0.2) is 0 Å². The van der Waals surface area contributed by atoms with Gasteiger partial charge in [0.2, 0.25) is 0 Å². The smallest absolute Gasteiger partial charge is 0.00508 e. The van der Waals surface area contributed by atoms with Gasteiger partial charge in [-0.15, -0.1) is 12.6 Å². The fraction of sp³-hybridized carbons (Fsp3) is 1.00. The molecule has 4 unspecified atom stereocenters. The van der Waals surface area contributed by atoms with Crippen molar-refractivity contribution in [2.45, 2.75) is 77.5 Å². The summed E-state index contributed by atoms with van der Waals surface area (Å²) in [6.45, 7) is 13.3. The van der Waals surface area contributed by atoms with Crippen LogP contribution in [0.4, 0.5) is 0 Å². The van der Waals surface area contributed by atoms with Gasteiger partial charge in [0, 0.05) is 39.8 Å².